The van der Waals surface area contributed by atoms with Crippen molar-refractivity contribution in [2.75, 3.05) is 19.7 Å². The van der Waals surface area contributed by atoms with E-state index in [9.17, 15) is 27.6 Å². The van der Waals surface area contributed by atoms with Crippen LogP contribution in [0.5, 0.6) is 0 Å². The Labute approximate surface area is 164 Å². The molecule has 1 aromatic rings. The minimum absolute atomic E-state index is 0.104. The molecule has 1 fully saturated rings. The van der Waals surface area contributed by atoms with Crippen LogP contribution in [0.4, 0.5) is 18.0 Å². The average molecular weight is 421 g/mol. The zero-order valence-electron chi connectivity index (χ0n) is 15.5. The lowest BCUT2D eigenvalue weighted by Gasteiger charge is -2.30. The number of ether oxygens (including phenoxy) is 1. The van der Waals surface area contributed by atoms with Gasteiger partial charge in [0, 0.05) is 23.9 Å². The van der Waals surface area contributed by atoms with E-state index in [0.717, 1.165) is 21.8 Å². The molecule has 0 spiro atoms. The first-order chi connectivity index (χ1) is 13.1. The van der Waals surface area contributed by atoms with Crippen LogP contribution < -0.4 is 10.9 Å². The van der Waals surface area contributed by atoms with Gasteiger partial charge in [0.15, 0.2) is 6.61 Å². The topological polar surface area (TPSA) is 87.7 Å². The number of carbonyl (C=O) groups excluding carboxylic acids is 3. The molecule has 0 radical (unpaired) electrons. The molecule has 7 nitrogen and oxygen atoms in total. The van der Waals surface area contributed by atoms with Crippen molar-refractivity contribution < 1.29 is 32.3 Å². The number of alkyl halides is 3. The molecule has 28 heavy (non-hydrogen) atoms. The van der Waals surface area contributed by atoms with Gasteiger partial charge in [-0.15, -0.1) is 11.3 Å². The molecule has 0 atom stereocenters. The number of nitrogens with zero attached hydrogens (tertiary/aromatic N) is 1. The standard InChI is InChI=1S/C17H22F3N3O4S/c1-3-12-10(2)8-13(28-12)15(25)22-21-14(24)11-4-6-23(7-5-11)16(26)27-9-17(18,19)20/h8,11H,3-7,9H2,1-2H3,(H,21,24)(H,22,25). The summed E-state index contributed by atoms with van der Waals surface area (Å²) in [5.74, 6) is -1.27. The highest BCUT2D eigenvalue weighted by Gasteiger charge is 2.33. The number of halogens is 3. The van der Waals surface area contributed by atoms with Crippen LogP contribution in [0.1, 0.15) is 39.9 Å². The van der Waals surface area contributed by atoms with E-state index in [2.05, 4.69) is 15.6 Å². The molecular formula is C17H22F3N3O4S. The molecule has 0 aromatic carbocycles. The minimum atomic E-state index is -4.58. The SMILES string of the molecule is CCc1sc(C(=O)NNC(=O)C2CCN(C(=O)OCC(F)(F)F)CC2)cc1C. The van der Waals surface area contributed by atoms with Gasteiger partial charge in [0.2, 0.25) is 5.91 Å². The highest BCUT2D eigenvalue weighted by atomic mass is 32.1. The van der Waals surface area contributed by atoms with Gasteiger partial charge >= 0.3 is 12.3 Å². The number of rotatable bonds is 4. The smallest absolute Gasteiger partial charge is 0.422 e. The van der Waals surface area contributed by atoms with Gasteiger partial charge in [0.25, 0.3) is 5.91 Å². The Morgan fingerprint density at radius 2 is 1.89 bits per heavy atom. The Hall–Kier alpha value is -2.30. The van der Waals surface area contributed by atoms with Crippen molar-refractivity contribution in [2.24, 2.45) is 5.92 Å². The summed E-state index contributed by atoms with van der Waals surface area (Å²) in [6.07, 6.45) is -4.28. The number of amides is 3. The molecule has 2 heterocycles. The van der Waals surface area contributed by atoms with Crippen LogP contribution in [0.25, 0.3) is 0 Å². The first-order valence-corrected chi connectivity index (χ1v) is 9.60. The number of hydrazine groups is 1. The van der Waals surface area contributed by atoms with Crippen molar-refractivity contribution in [3.63, 3.8) is 0 Å². The summed E-state index contributed by atoms with van der Waals surface area (Å²) in [4.78, 5) is 38.6. The molecule has 2 N–H and O–H groups in total. The molecule has 11 heteroatoms. The monoisotopic (exact) mass is 421 g/mol. The second kappa shape index (κ2) is 9.26. The second-order valence-electron chi connectivity index (χ2n) is 6.44. The van der Waals surface area contributed by atoms with Crippen molar-refractivity contribution in [3.05, 3.63) is 21.4 Å². The quantitative estimate of drug-likeness (QED) is 0.732. The van der Waals surface area contributed by atoms with Gasteiger partial charge in [-0.25, -0.2) is 4.79 Å². The van der Waals surface area contributed by atoms with E-state index in [0.29, 0.717) is 4.88 Å². The maximum absolute atomic E-state index is 12.2. The summed E-state index contributed by atoms with van der Waals surface area (Å²) in [5.41, 5.74) is 5.77. The molecule has 0 saturated carbocycles. The molecule has 3 amide bonds. The lowest BCUT2D eigenvalue weighted by atomic mass is 9.96. The highest BCUT2D eigenvalue weighted by Crippen LogP contribution is 2.22. The number of piperidine rings is 1. The number of hydrogen-bond donors (Lipinski definition) is 2. The van der Waals surface area contributed by atoms with E-state index >= 15 is 0 Å². The van der Waals surface area contributed by atoms with Crippen molar-refractivity contribution in [1.82, 2.24) is 15.8 Å². The van der Waals surface area contributed by atoms with Gasteiger partial charge < -0.3 is 9.64 Å². The molecule has 1 saturated heterocycles. The Balaban J connectivity index is 1.75. The largest absolute Gasteiger partial charge is 0.440 e. The van der Waals surface area contributed by atoms with Crippen molar-refractivity contribution in [3.8, 4) is 0 Å². The van der Waals surface area contributed by atoms with Crippen molar-refractivity contribution in [2.45, 2.75) is 39.3 Å². The fourth-order valence-electron chi connectivity index (χ4n) is 2.82. The van der Waals surface area contributed by atoms with E-state index in [4.69, 9.17) is 0 Å². The predicted molar refractivity (Wildman–Crippen MR) is 95.7 cm³/mol. The molecule has 1 aromatic heterocycles. The number of thiophene rings is 1. The van der Waals surface area contributed by atoms with E-state index in [-0.39, 0.29) is 25.9 Å². The Bertz CT molecular complexity index is 728. The van der Waals surface area contributed by atoms with Gasteiger partial charge in [-0.1, -0.05) is 6.92 Å². The number of hydrogen-bond acceptors (Lipinski definition) is 5. The third-order valence-corrected chi connectivity index (χ3v) is 5.73. The van der Waals surface area contributed by atoms with E-state index < -0.39 is 36.6 Å². The fourth-order valence-corrected chi connectivity index (χ4v) is 3.83. The summed E-state index contributed by atoms with van der Waals surface area (Å²) < 4.78 is 40.5. The van der Waals surface area contributed by atoms with Crippen LogP contribution in [0.3, 0.4) is 0 Å². The first kappa shape index (κ1) is 22.0. The summed E-state index contributed by atoms with van der Waals surface area (Å²) >= 11 is 1.36. The molecular weight excluding hydrogens is 399 g/mol. The van der Waals surface area contributed by atoms with Crippen LogP contribution in [-0.2, 0) is 16.0 Å². The minimum Gasteiger partial charge on any atom is -0.440 e. The lowest BCUT2D eigenvalue weighted by Crippen LogP contribution is -2.48. The van der Waals surface area contributed by atoms with Crippen molar-refractivity contribution >= 4 is 29.2 Å². The summed E-state index contributed by atoms with van der Waals surface area (Å²) in [6, 6.07) is 1.76. The van der Waals surface area contributed by atoms with Crippen LogP contribution in [0.15, 0.2) is 6.07 Å². The zero-order valence-corrected chi connectivity index (χ0v) is 16.3. The molecule has 1 aliphatic heterocycles. The van der Waals surface area contributed by atoms with Gasteiger partial charge in [-0.2, -0.15) is 13.2 Å². The number of nitrogens with one attached hydrogen (secondary N) is 2. The van der Waals surface area contributed by atoms with Gasteiger partial charge in [0.1, 0.15) is 0 Å². The van der Waals surface area contributed by atoms with Crippen LogP contribution in [0.2, 0.25) is 0 Å². The van der Waals surface area contributed by atoms with Gasteiger partial charge in [-0.05, 0) is 37.8 Å². The summed E-state index contributed by atoms with van der Waals surface area (Å²) in [6.45, 7) is 2.48. The second-order valence-corrected chi connectivity index (χ2v) is 7.58. The summed E-state index contributed by atoms with van der Waals surface area (Å²) in [7, 11) is 0. The number of aryl methyl sites for hydroxylation is 2. The van der Waals surface area contributed by atoms with Crippen LogP contribution in [-0.4, -0.2) is 48.7 Å². The number of likely N-dealkylation sites (tertiary alicyclic amines) is 1. The number of carbonyl (C=O) groups is 3. The van der Waals surface area contributed by atoms with Crippen LogP contribution >= 0.6 is 11.3 Å². The molecule has 0 bridgehead atoms. The predicted octanol–water partition coefficient (Wildman–Crippen LogP) is 2.79. The van der Waals surface area contributed by atoms with E-state index in [1.54, 1.807) is 6.07 Å². The van der Waals surface area contributed by atoms with Crippen molar-refractivity contribution in [1.29, 1.82) is 0 Å². The third-order valence-electron chi connectivity index (χ3n) is 4.35. The fraction of sp³-hybridized carbons (Fsp3) is 0.588. The maximum atomic E-state index is 12.2. The van der Waals surface area contributed by atoms with Gasteiger partial charge in [0.05, 0.1) is 4.88 Å². The van der Waals surface area contributed by atoms with Gasteiger partial charge in [-0.3, -0.25) is 20.4 Å². The average Bonchev–Trinajstić information content (AvgIpc) is 3.04. The maximum Gasteiger partial charge on any atom is 0.422 e. The highest BCUT2D eigenvalue weighted by molar-refractivity contribution is 7.14. The molecule has 1 aliphatic rings. The Morgan fingerprint density at radius 1 is 1.25 bits per heavy atom. The Kier molecular flexibility index (Phi) is 7.28. The third kappa shape index (κ3) is 6.11. The lowest BCUT2D eigenvalue weighted by molar-refractivity contribution is -0.162. The normalized spacial score (nSPS) is 15.2. The molecule has 156 valence electrons. The Morgan fingerprint density at radius 3 is 2.43 bits per heavy atom. The van der Waals surface area contributed by atoms with Crippen LogP contribution in [0, 0.1) is 12.8 Å². The zero-order chi connectivity index (χ0) is 20.9. The van der Waals surface area contributed by atoms with E-state index in [1.165, 1.54) is 11.3 Å². The summed E-state index contributed by atoms with van der Waals surface area (Å²) in [5, 5.41) is 0. The molecule has 2 rings (SSSR count). The van der Waals surface area contributed by atoms with E-state index in [1.807, 2.05) is 13.8 Å². The first-order valence-electron chi connectivity index (χ1n) is 8.78. The molecule has 0 aliphatic carbocycles. The molecule has 0 unspecified atom stereocenters.